The van der Waals surface area contributed by atoms with Crippen molar-refractivity contribution in [1.82, 2.24) is 10.5 Å². The molecule has 1 heterocycles. The number of hydroxylamine groups is 1. The Morgan fingerprint density at radius 3 is 2.66 bits per heavy atom. The summed E-state index contributed by atoms with van der Waals surface area (Å²) in [6, 6.07) is 9.67. The van der Waals surface area contributed by atoms with Gasteiger partial charge in [-0.1, -0.05) is 69.4 Å². The van der Waals surface area contributed by atoms with E-state index in [0.717, 1.165) is 12.0 Å². The van der Waals surface area contributed by atoms with Crippen LogP contribution >= 0.6 is 0 Å². The maximum absolute atomic E-state index is 12.3. The summed E-state index contributed by atoms with van der Waals surface area (Å²) in [5, 5.41) is 9.10. The fourth-order valence-electron chi connectivity index (χ4n) is 4.63. The van der Waals surface area contributed by atoms with E-state index < -0.39 is 5.97 Å². The molecule has 32 heavy (non-hydrogen) atoms. The summed E-state index contributed by atoms with van der Waals surface area (Å²) >= 11 is 0. The van der Waals surface area contributed by atoms with Gasteiger partial charge in [0.25, 0.3) is 0 Å². The van der Waals surface area contributed by atoms with Crippen LogP contribution in [0.4, 0.5) is 0 Å². The quantitative estimate of drug-likeness (QED) is 0.440. The minimum atomic E-state index is -1.10. The molecule has 2 unspecified atom stereocenters. The zero-order chi connectivity index (χ0) is 22.8. The number of carbonyl (C=O) groups is 2. The summed E-state index contributed by atoms with van der Waals surface area (Å²) in [7, 11) is 0. The highest BCUT2D eigenvalue weighted by Crippen LogP contribution is 2.34. The highest BCUT2D eigenvalue weighted by molar-refractivity contribution is 5.84. The van der Waals surface area contributed by atoms with Crippen LogP contribution in [0, 0.1) is 17.8 Å². The average molecular weight is 443 g/mol. The highest BCUT2D eigenvalue weighted by Gasteiger charge is 2.25. The number of carbonyl (C=O) groups excluding carboxylic acids is 1. The molecule has 1 saturated carbocycles. The van der Waals surface area contributed by atoms with Crippen molar-refractivity contribution >= 4 is 11.9 Å². The maximum atomic E-state index is 12.3. The van der Waals surface area contributed by atoms with E-state index in [4.69, 9.17) is 14.4 Å². The molecule has 0 spiro atoms. The molecule has 2 atom stereocenters. The molecular formula is C25H34N2O5. The van der Waals surface area contributed by atoms with Crippen LogP contribution in [0.1, 0.15) is 80.2 Å². The molecule has 1 aromatic heterocycles. The number of nitrogens with zero attached hydrogens (tertiary/aromatic N) is 1. The van der Waals surface area contributed by atoms with Gasteiger partial charge in [-0.05, 0) is 36.2 Å². The lowest BCUT2D eigenvalue weighted by Crippen LogP contribution is -2.25. The highest BCUT2D eigenvalue weighted by atomic mass is 16.6. The SMILES string of the molecule is CC(CC(CCC(=O)NOCc1ccccc1)Cc1nc(C(=O)O)co1)C1CCCCC1. The molecule has 1 aliphatic carbocycles. The zero-order valence-electron chi connectivity index (χ0n) is 18.8. The summed E-state index contributed by atoms with van der Waals surface area (Å²) in [4.78, 5) is 32.9. The predicted octanol–water partition coefficient (Wildman–Crippen LogP) is 5.17. The van der Waals surface area contributed by atoms with Crippen LogP contribution in [-0.2, 0) is 22.7 Å². The minimum absolute atomic E-state index is 0.0777. The summed E-state index contributed by atoms with van der Waals surface area (Å²) in [5.74, 6) is 0.619. The van der Waals surface area contributed by atoms with E-state index in [0.29, 0.717) is 43.6 Å². The molecule has 0 radical (unpaired) electrons. The third kappa shape index (κ3) is 7.79. The second-order valence-corrected chi connectivity index (χ2v) is 8.95. The summed E-state index contributed by atoms with van der Waals surface area (Å²) in [6.07, 6.45) is 10.1. The van der Waals surface area contributed by atoms with Crippen LogP contribution in [-0.4, -0.2) is 22.0 Å². The van der Waals surface area contributed by atoms with Crippen molar-refractivity contribution in [3.05, 3.63) is 53.7 Å². The van der Waals surface area contributed by atoms with Gasteiger partial charge < -0.3 is 9.52 Å². The second-order valence-electron chi connectivity index (χ2n) is 8.95. The number of benzene rings is 1. The van der Waals surface area contributed by atoms with E-state index in [9.17, 15) is 9.59 Å². The summed E-state index contributed by atoms with van der Waals surface area (Å²) in [5.41, 5.74) is 3.44. The van der Waals surface area contributed by atoms with Crippen molar-refractivity contribution in [1.29, 1.82) is 0 Å². The summed E-state index contributed by atoms with van der Waals surface area (Å²) in [6.45, 7) is 2.62. The first-order valence-electron chi connectivity index (χ1n) is 11.6. The number of amides is 1. The minimum Gasteiger partial charge on any atom is -0.476 e. The predicted molar refractivity (Wildman–Crippen MR) is 120 cm³/mol. The van der Waals surface area contributed by atoms with Crippen LogP contribution in [0.5, 0.6) is 0 Å². The van der Waals surface area contributed by atoms with Crippen LogP contribution in [0.15, 0.2) is 41.0 Å². The number of aromatic nitrogens is 1. The first-order chi connectivity index (χ1) is 15.5. The van der Waals surface area contributed by atoms with Crippen LogP contribution in [0.3, 0.4) is 0 Å². The molecule has 1 aliphatic rings. The van der Waals surface area contributed by atoms with Crippen molar-refractivity contribution in [2.24, 2.45) is 17.8 Å². The third-order valence-electron chi connectivity index (χ3n) is 6.44. The Kier molecular flexibility index (Phi) is 9.28. The molecular weight excluding hydrogens is 408 g/mol. The van der Waals surface area contributed by atoms with Gasteiger partial charge in [-0.15, -0.1) is 0 Å². The lowest BCUT2D eigenvalue weighted by atomic mass is 9.76. The van der Waals surface area contributed by atoms with E-state index in [-0.39, 0.29) is 17.5 Å². The van der Waals surface area contributed by atoms with Crippen molar-refractivity contribution in [2.75, 3.05) is 0 Å². The molecule has 0 aliphatic heterocycles. The van der Waals surface area contributed by atoms with Gasteiger partial charge in [-0.25, -0.2) is 15.3 Å². The van der Waals surface area contributed by atoms with Gasteiger partial charge in [0.1, 0.15) is 6.26 Å². The molecule has 1 fully saturated rings. The number of aromatic carboxylic acids is 1. The second kappa shape index (κ2) is 12.4. The Labute approximate surface area is 189 Å². The van der Waals surface area contributed by atoms with Crippen molar-refractivity contribution in [3.63, 3.8) is 0 Å². The first kappa shape index (κ1) is 24.0. The lowest BCUT2D eigenvalue weighted by molar-refractivity contribution is -0.134. The molecule has 1 amide bonds. The number of nitrogens with one attached hydrogen (secondary N) is 1. The monoisotopic (exact) mass is 442 g/mol. The van der Waals surface area contributed by atoms with E-state index in [1.165, 1.54) is 38.4 Å². The molecule has 174 valence electrons. The Bertz CT molecular complexity index is 845. The molecule has 0 saturated heterocycles. The van der Waals surface area contributed by atoms with Gasteiger partial charge in [0, 0.05) is 12.8 Å². The van der Waals surface area contributed by atoms with Crippen LogP contribution in [0.25, 0.3) is 0 Å². The Morgan fingerprint density at radius 1 is 1.22 bits per heavy atom. The molecule has 1 aromatic carbocycles. The number of carboxylic acids is 1. The molecule has 2 N–H and O–H groups in total. The average Bonchev–Trinajstić information content (AvgIpc) is 3.28. The van der Waals surface area contributed by atoms with Gasteiger partial charge in [0.05, 0.1) is 6.61 Å². The number of carboxylic acid groups (broad SMARTS) is 1. The molecule has 3 rings (SSSR count). The van der Waals surface area contributed by atoms with Crippen LogP contribution in [0.2, 0.25) is 0 Å². The number of rotatable bonds is 12. The van der Waals surface area contributed by atoms with Crippen LogP contribution < -0.4 is 5.48 Å². The van der Waals surface area contributed by atoms with Gasteiger partial charge in [-0.2, -0.15) is 0 Å². The Hall–Kier alpha value is -2.67. The van der Waals surface area contributed by atoms with Crippen molar-refractivity contribution in [2.45, 2.75) is 71.3 Å². The standard InChI is InChI=1S/C25H34N2O5/c1-18(21-10-6-3-7-11-21)14-20(15-24-26-22(17-31-24)25(29)30)12-13-23(28)27-32-16-19-8-4-2-5-9-19/h2,4-5,8-9,17-18,20-21H,3,6-7,10-16H2,1H3,(H,27,28)(H,29,30). The number of hydrogen-bond acceptors (Lipinski definition) is 5. The largest absolute Gasteiger partial charge is 0.476 e. The molecule has 7 nitrogen and oxygen atoms in total. The first-order valence-corrected chi connectivity index (χ1v) is 11.6. The molecule has 0 bridgehead atoms. The Morgan fingerprint density at radius 2 is 1.97 bits per heavy atom. The van der Waals surface area contributed by atoms with Crippen molar-refractivity contribution < 1.29 is 24.0 Å². The smallest absolute Gasteiger partial charge is 0.357 e. The topological polar surface area (TPSA) is 102 Å². The number of hydrogen-bond donors (Lipinski definition) is 2. The maximum Gasteiger partial charge on any atom is 0.357 e. The lowest BCUT2D eigenvalue weighted by Gasteiger charge is -2.30. The normalized spacial score (nSPS) is 16.4. The van der Waals surface area contributed by atoms with E-state index in [1.54, 1.807) is 0 Å². The van der Waals surface area contributed by atoms with E-state index in [2.05, 4.69) is 17.4 Å². The third-order valence-corrected chi connectivity index (χ3v) is 6.44. The molecule has 2 aromatic rings. The summed E-state index contributed by atoms with van der Waals surface area (Å²) < 4.78 is 5.39. The van der Waals surface area contributed by atoms with E-state index >= 15 is 0 Å². The fourth-order valence-corrected chi connectivity index (χ4v) is 4.63. The fraction of sp³-hybridized carbons (Fsp3) is 0.560. The van der Waals surface area contributed by atoms with Gasteiger partial charge in [0.2, 0.25) is 5.91 Å². The van der Waals surface area contributed by atoms with Gasteiger partial charge >= 0.3 is 5.97 Å². The van der Waals surface area contributed by atoms with Crippen molar-refractivity contribution in [3.8, 4) is 0 Å². The molecule has 7 heteroatoms. The van der Waals surface area contributed by atoms with E-state index in [1.807, 2.05) is 30.3 Å². The zero-order valence-corrected chi connectivity index (χ0v) is 18.8. The number of oxazole rings is 1. The Balaban J connectivity index is 1.51. The van der Waals surface area contributed by atoms with Gasteiger partial charge in [-0.3, -0.25) is 9.63 Å². The van der Waals surface area contributed by atoms with Gasteiger partial charge in [0.15, 0.2) is 11.6 Å².